The van der Waals surface area contributed by atoms with Crippen molar-refractivity contribution in [3.05, 3.63) is 48.6 Å². The van der Waals surface area contributed by atoms with Gasteiger partial charge in [0.1, 0.15) is 0 Å². The van der Waals surface area contributed by atoms with E-state index in [4.69, 9.17) is 28.5 Å². The molecule has 0 radical (unpaired) electrons. The van der Waals surface area contributed by atoms with Crippen LogP contribution in [0.5, 0.6) is 0 Å². The Morgan fingerprint density at radius 1 is 0.698 bits per heavy atom. The molecule has 0 heterocycles. The highest BCUT2D eigenvalue weighted by atomic mass is 31.2. The molecule has 0 aromatic carbocycles. The van der Waals surface area contributed by atoms with Gasteiger partial charge in [-0.25, -0.2) is 4.67 Å². The quantitative estimate of drug-likeness (QED) is 0.0387. The van der Waals surface area contributed by atoms with Gasteiger partial charge in [-0.05, 0) is 72.6 Å². The molecule has 0 aliphatic carbocycles. The molecule has 0 spiro atoms. The number of nitriles is 1. The van der Waals surface area contributed by atoms with E-state index in [-0.39, 0.29) is 28.8 Å². The van der Waals surface area contributed by atoms with Gasteiger partial charge in [0.05, 0.1) is 65.3 Å². The summed E-state index contributed by atoms with van der Waals surface area (Å²) in [4.78, 5) is 12.2. The number of hydrogen-bond donors (Lipinski definition) is 1. The van der Waals surface area contributed by atoms with Gasteiger partial charge in [-0.2, -0.15) is 5.26 Å². The molecule has 9 nitrogen and oxygen atoms in total. The SMILES string of the molecule is CCCCC/C=C\C/C=C\C/C=C\C/C=C\CCCC(=O)NCCOCC(C)(C)COCC(C)(C)COCCOP(OCCC#N)N(C(C)C)C(C)C. The van der Waals surface area contributed by atoms with Crippen LogP contribution in [0.1, 0.15) is 133 Å². The Bertz CT molecular complexity index is 1040. The number of hydrogen-bond acceptors (Lipinski definition) is 8. The molecule has 0 fully saturated rings. The number of amides is 1. The summed E-state index contributed by atoms with van der Waals surface area (Å²) in [5.74, 6) is 0.0703. The average molecular weight is 764 g/mol. The Hall–Kier alpha value is -1.89. The van der Waals surface area contributed by atoms with E-state index >= 15 is 0 Å². The standard InChI is InChI=1S/C43H78N3O6P/c1-10-11-12-13-14-15-16-17-18-19-20-21-22-23-24-25-26-28-41(47)45-30-32-48-35-42(6,7)37-50-38-43(8,9)36-49-33-34-52-53(51-31-27-29-44)46(39(2)3)40(4)5/h14-15,17-18,20-21,23-24,39-40H,10-13,16,19,22,25-28,30-38H2,1-9H3,(H,45,47)/b15-14-,18-17-,21-20-,24-23-. The fourth-order valence-electron chi connectivity index (χ4n) is 5.16. The van der Waals surface area contributed by atoms with Crippen LogP contribution in [0.2, 0.25) is 0 Å². The second-order valence-corrected chi connectivity index (χ2v) is 17.1. The first kappa shape index (κ1) is 51.1. The summed E-state index contributed by atoms with van der Waals surface area (Å²) >= 11 is 0. The molecular weight excluding hydrogens is 685 g/mol. The first-order chi connectivity index (χ1) is 25.3. The molecule has 53 heavy (non-hydrogen) atoms. The molecule has 0 bridgehead atoms. The maximum atomic E-state index is 12.2. The third-order valence-corrected chi connectivity index (χ3v) is 9.97. The number of nitrogens with zero attached hydrogens (tertiary/aromatic N) is 2. The summed E-state index contributed by atoms with van der Waals surface area (Å²) in [7, 11) is -1.26. The maximum Gasteiger partial charge on any atom is 0.259 e. The van der Waals surface area contributed by atoms with Gasteiger partial charge in [-0.15, -0.1) is 0 Å². The minimum Gasteiger partial charge on any atom is -0.380 e. The molecule has 1 amide bonds. The second kappa shape index (κ2) is 33.4. The van der Waals surface area contributed by atoms with E-state index < -0.39 is 8.53 Å². The molecule has 0 aliphatic heterocycles. The maximum absolute atomic E-state index is 12.2. The lowest BCUT2D eigenvalue weighted by atomic mass is 9.94. The van der Waals surface area contributed by atoms with Crippen LogP contribution >= 0.6 is 8.53 Å². The highest BCUT2D eigenvalue weighted by molar-refractivity contribution is 7.44. The smallest absolute Gasteiger partial charge is 0.259 e. The lowest BCUT2D eigenvalue weighted by Crippen LogP contribution is -2.34. The van der Waals surface area contributed by atoms with Crippen molar-refractivity contribution >= 4 is 14.4 Å². The average Bonchev–Trinajstić information content (AvgIpc) is 3.08. The lowest BCUT2D eigenvalue weighted by Gasteiger charge is -2.35. The van der Waals surface area contributed by atoms with Crippen molar-refractivity contribution in [1.82, 2.24) is 9.99 Å². The summed E-state index contributed by atoms with van der Waals surface area (Å²) in [6.07, 6.45) is 28.4. The summed E-state index contributed by atoms with van der Waals surface area (Å²) in [5.41, 5.74) is -0.314. The first-order valence-electron chi connectivity index (χ1n) is 20.2. The van der Waals surface area contributed by atoms with E-state index in [0.717, 1.165) is 32.1 Å². The minimum absolute atomic E-state index is 0.0703. The van der Waals surface area contributed by atoms with Crippen molar-refractivity contribution in [2.24, 2.45) is 10.8 Å². The summed E-state index contributed by atoms with van der Waals surface area (Å²) in [5, 5.41) is 11.9. The second-order valence-electron chi connectivity index (χ2n) is 15.6. The van der Waals surface area contributed by atoms with Crippen molar-refractivity contribution in [1.29, 1.82) is 5.26 Å². The molecule has 10 heteroatoms. The van der Waals surface area contributed by atoms with Crippen LogP contribution in [0.25, 0.3) is 0 Å². The molecule has 1 N–H and O–H groups in total. The number of carbonyl (C=O) groups is 1. The molecule has 1 atom stereocenters. The first-order valence-corrected chi connectivity index (χ1v) is 21.3. The third kappa shape index (κ3) is 32.1. The third-order valence-electron chi connectivity index (χ3n) is 7.86. The van der Waals surface area contributed by atoms with Crippen LogP contribution in [-0.4, -0.2) is 82.1 Å². The van der Waals surface area contributed by atoms with Crippen LogP contribution in [0, 0.1) is 22.2 Å². The number of carbonyl (C=O) groups excluding carboxylic acids is 1. The number of nitrogens with one attached hydrogen (secondary N) is 1. The van der Waals surface area contributed by atoms with E-state index in [1.165, 1.54) is 25.7 Å². The van der Waals surface area contributed by atoms with Crippen LogP contribution in [0.4, 0.5) is 0 Å². The van der Waals surface area contributed by atoms with Crippen LogP contribution in [0.15, 0.2) is 48.6 Å². The Labute approximate surface area is 326 Å². The van der Waals surface area contributed by atoms with Gasteiger partial charge in [0.2, 0.25) is 5.91 Å². The van der Waals surface area contributed by atoms with Crippen molar-refractivity contribution in [3.8, 4) is 6.07 Å². The van der Waals surface area contributed by atoms with E-state index in [1.807, 2.05) is 0 Å². The van der Waals surface area contributed by atoms with Gasteiger partial charge in [0, 0.05) is 35.9 Å². The number of rotatable bonds is 35. The lowest BCUT2D eigenvalue weighted by molar-refractivity contribution is -0.121. The highest BCUT2D eigenvalue weighted by Gasteiger charge is 2.27. The van der Waals surface area contributed by atoms with E-state index in [0.29, 0.717) is 72.2 Å². The minimum atomic E-state index is -1.26. The summed E-state index contributed by atoms with van der Waals surface area (Å²) in [6.45, 7) is 23.7. The molecule has 306 valence electrons. The van der Waals surface area contributed by atoms with Gasteiger partial charge in [0.15, 0.2) is 0 Å². The van der Waals surface area contributed by atoms with Crippen molar-refractivity contribution < 1.29 is 28.1 Å². The van der Waals surface area contributed by atoms with Crippen LogP contribution < -0.4 is 5.32 Å². The largest absolute Gasteiger partial charge is 0.380 e. The van der Waals surface area contributed by atoms with Crippen LogP contribution in [0.3, 0.4) is 0 Å². The molecule has 0 aromatic heterocycles. The summed E-state index contributed by atoms with van der Waals surface area (Å²) in [6, 6.07) is 2.65. The molecular formula is C43H78N3O6P. The Kier molecular flexibility index (Phi) is 32.3. The zero-order valence-corrected chi connectivity index (χ0v) is 36.1. The number of ether oxygens (including phenoxy) is 3. The van der Waals surface area contributed by atoms with Gasteiger partial charge >= 0.3 is 0 Å². The number of unbranched alkanes of at least 4 members (excludes halogenated alkanes) is 4. The van der Waals surface area contributed by atoms with E-state index in [2.05, 4.69) is 127 Å². The van der Waals surface area contributed by atoms with E-state index in [1.54, 1.807) is 0 Å². The Morgan fingerprint density at radius 2 is 1.19 bits per heavy atom. The zero-order chi connectivity index (χ0) is 39.6. The van der Waals surface area contributed by atoms with Gasteiger partial charge in [0.25, 0.3) is 8.53 Å². The fourth-order valence-corrected chi connectivity index (χ4v) is 6.74. The van der Waals surface area contributed by atoms with Gasteiger partial charge in [-0.1, -0.05) is 96.1 Å². The zero-order valence-electron chi connectivity index (χ0n) is 35.2. The number of allylic oxidation sites excluding steroid dienone is 8. The molecule has 0 rings (SSSR count). The molecule has 0 saturated heterocycles. The van der Waals surface area contributed by atoms with Crippen molar-refractivity contribution in [3.63, 3.8) is 0 Å². The normalized spacial score (nSPS) is 13.6. The molecule has 1 unspecified atom stereocenters. The topological polar surface area (TPSA) is 102 Å². The highest BCUT2D eigenvalue weighted by Crippen LogP contribution is 2.45. The molecule has 0 aliphatic rings. The molecule has 0 saturated carbocycles. The van der Waals surface area contributed by atoms with Crippen molar-refractivity contribution in [2.75, 3.05) is 59.4 Å². The Morgan fingerprint density at radius 3 is 1.72 bits per heavy atom. The fraction of sp³-hybridized carbons (Fsp3) is 0.767. The Balaban J connectivity index is 4.02. The van der Waals surface area contributed by atoms with E-state index in [9.17, 15) is 4.79 Å². The van der Waals surface area contributed by atoms with Gasteiger partial charge in [-0.3, -0.25) is 4.79 Å². The molecule has 0 aromatic rings. The van der Waals surface area contributed by atoms with Gasteiger partial charge < -0.3 is 28.6 Å². The summed E-state index contributed by atoms with van der Waals surface area (Å²) < 4.78 is 32.2. The predicted octanol–water partition coefficient (Wildman–Crippen LogP) is 10.6. The van der Waals surface area contributed by atoms with Crippen molar-refractivity contribution in [2.45, 2.75) is 145 Å². The van der Waals surface area contributed by atoms with Crippen LogP contribution in [-0.2, 0) is 28.1 Å². The predicted molar refractivity (Wildman–Crippen MR) is 223 cm³/mol. The monoisotopic (exact) mass is 764 g/mol.